The first-order valence-corrected chi connectivity index (χ1v) is 5.74. The predicted octanol–water partition coefficient (Wildman–Crippen LogP) is 2.10. The van der Waals surface area contributed by atoms with Gasteiger partial charge >= 0.3 is 0 Å². The molecule has 0 saturated carbocycles. The molecule has 4 nitrogen and oxygen atoms in total. The summed E-state index contributed by atoms with van der Waals surface area (Å²) in [6.45, 7) is 2.76. The molecule has 2 rings (SSSR count). The molecule has 0 aliphatic carbocycles. The summed E-state index contributed by atoms with van der Waals surface area (Å²) in [6, 6.07) is 0. The summed E-state index contributed by atoms with van der Waals surface area (Å²) in [5.41, 5.74) is 5.55. The molecule has 3 N–H and O–H groups in total. The van der Waals surface area contributed by atoms with Gasteiger partial charge in [-0.3, -0.25) is 0 Å². The molecule has 0 amide bonds. The molecule has 2 aromatic heterocycles. The number of rotatable bonds is 3. The number of thiazole rings is 2. The SMILES string of the molecule is Cc1cnc(CNc2ncc(N)s2)s1. The van der Waals surface area contributed by atoms with E-state index in [2.05, 4.69) is 15.3 Å². The van der Waals surface area contributed by atoms with Crippen LogP contribution in [0.5, 0.6) is 0 Å². The molecule has 2 aromatic rings. The number of aromatic nitrogens is 2. The first-order valence-electron chi connectivity index (χ1n) is 4.10. The summed E-state index contributed by atoms with van der Waals surface area (Å²) >= 11 is 3.13. The Hall–Kier alpha value is -1.14. The second-order valence-electron chi connectivity index (χ2n) is 2.79. The summed E-state index contributed by atoms with van der Waals surface area (Å²) in [6.07, 6.45) is 3.53. The van der Waals surface area contributed by atoms with Gasteiger partial charge in [-0.15, -0.1) is 11.3 Å². The topological polar surface area (TPSA) is 63.8 Å². The standard InChI is InChI=1S/C8H10N4S2/c1-5-2-10-7(13-5)4-12-8-11-3-6(9)14-8/h2-3H,4,9H2,1H3,(H,11,12). The van der Waals surface area contributed by atoms with Gasteiger partial charge in [-0.25, -0.2) is 9.97 Å². The van der Waals surface area contributed by atoms with Crippen LogP contribution in [0.3, 0.4) is 0 Å². The van der Waals surface area contributed by atoms with Gasteiger partial charge in [-0.05, 0) is 6.92 Å². The van der Waals surface area contributed by atoms with Gasteiger partial charge in [-0.1, -0.05) is 11.3 Å². The van der Waals surface area contributed by atoms with Crippen molar-refractivity contribution in [3.8, 4) is 0 Å². The summed E-state index contributed by atoms with van der Waals surface area (Å²) in [7, 11) is 0. The first kappa shape index (κ1) is 9.42. The number of hydrogen-bond donors (Lipinski definition) is 2. The molecule has 0 aromatic carbocycles. The van der Waals surface area contributed by atoms with E-state index in [0.29, 0.717) is 6.54 Å². The maximum atomic E-state index is 5.55. The summed E-state index contributed by atoms with van der Waals surface area (Å²) in [4.78, 5) is 9.56. The van der Waals surface area contributed by atoms with Gasteiger partial charge in [0.2, 0.25) is 0 Å². The van der Waals surface area contributed by atoms with E-state index in [1.54, 1.807) is 17.5 Å². The van der Waals surface area contributed by atoms with Crippen molar-refractivity contribution >= 4 is 32.8 Å². The Morgan fingerprint density at radius 3 is 2.79 bits per heavy atom. The van der Waals surface area contributed by atoms with Crippen LogP contribution in [0.1, 0.15) is 9.88 Å². The number of nitrogen functional groups attached to an aromatic ring is 1. The molecule has 0 unspecified atom stereocenters. The molecule has 0 spiro atoms. The Kier molecular flexibility index (Phi) is 2.64. The molecule has 0 bridgehead atoms. The molecular weight excluding hydrogens is 216 g/mol. The van der Waals surface area contributed by atoms with Gasteiger partial charge in [0, 0.05) is 11.1 Å². The van der Waals surface area contributed by atoms with Crippen molar-refractivity contribution < 1.29 is 0 Å². The minimum atomic E-state index is 0.714. The Morgan fingerprint density at radius 1 is 1.36 bits per heavy atom. The molecule has 2 heterocycles. The highest BCUT2D eigenvalue weighted by Gasteiger charge is 2.01. The van der Waals surface area contributed by atoms with Crippen LogP contribution in [-0.2, 0) is 6.54 Å². The molecule has 74 valence electrons. The third kappa shape index (κ3) is 2.21. The maximum Gasteiger partial charge on any atom is 0.184 e. The molecule has 0 radical (unpaired) electrons. The van der Waals surface area contributed by atoms with E-state index in [1.165, 1.54) is 16.2 Å². The number of hydrogen-bond acceptors (Lipinski definition) is 6. The normalized spacial score (nSPS) is 10.4. The average Bonchev–Trinajstić information content (AvgIpc) is 2.72. The quantitative estimate of drug-likeness (QED) is 0.841. The third-order valence-electron chi connectivity index (χ3n) is 1.58. The van der Waals surface area contributed by atoms with Gasteiger partial charge in [0.15, 0.2) is 5.13 Å². The molecule has 0 fully saturated rings. The van der Waals surface area contributed by atoms with Crippen LogP contribution < -0.4 is 11.1 Å². The smallest absolute Gasteiger partial charge is 0.184 e. The highest BCUT2D eigenvalue weighted by Crippen LogP contribution is 2.20. The van der Waals surface area contributed by atoms with Crippen LogP contribution in [0.25, 0.3) is 0 Å². The Morgan fingerprint density at radius 2 is 2.21 bits per heavy atom. The van der Waals surface area contributed by atoms with Gasteiger partial charge in [0.05, 0.1) is 12.7 Å². The average molecular weight is 226 g/mol. The van der Waals surface area contributed by atoms with Crippen LogP contribution in [0, 0.1) is 6.92 Å². The lowest BCUT2D eigenvalue weighted by Gasteiger charge is -1.97. The molecule has 14 heavy (non-hydrogen) atoms. The molecule has 0 atom stereocenters. The maximum absolute atomic E-state index is 5.55. The van der Waals surface area contributed by atoms with Crippen molar-refractivity contribution in [1.82, 2.24) is 9.97 Å². The van der Waals surface area contributed by atoms with E-state index in [0.717, 1.165) is 15.1 Å². The number of nitrogens with one attached hydrogen (secondary N) is 1. The Bertz CT molecular complexity index is 380. The van der Waals surface area contributed by atoms with E-state index in [-0.39, 0.29) is 0 Å². The van der Waals surface area contributed by atoms with Crippen LogP contribution in [0.15, 0.2) is 12.4 Å². The first-order chi connectivity index (χ1) is 6.74. The van der Waals surface area contributed by atoms with E-state index in [9.17, 15) is 0 Å². The van der Waals surface area contributed by atoms with E-state index >= 15 is 0 Å². The number of nitrogens with zero attached hydrogens (tertiary/aromatic N) is 2. The van der Waals surface area contributed by atoms with Crippen molar-refractivity contribution in [1.29, 1.82) is 0 Å². The number of anilines is 2. The van der Waals surface area contributed by atoms with Gasteiger partial charge < -0.3 is 11.1 Å². The van der Waals surface area contributed by atoms with Crippen molar-refractivity contribution in [2.45, 2.75) is 13.5 Å². The van der Waals surface area contributed by atoms with Crippen molar-refractivity contribution in [3.05, 3.63) is 22.3 Å². The Labute approximate surface area is 89.8 Å². The van der Waals surface area contributed by atoms with Crippen molar-refractivity contribution in [2.75, 3.05) is 11.1 Å². The van der Waals surface area contributed by atoms with E-state index in [4.69, 9.17) is 5.73 Å². The van der Waals surface area contributed by atoms with Crippen LogP contribution in [-0.4, -0.2) is 9.97 Å². The van der Waals surface area contributed by atoms with Gasteiger partial charge in [0.1, 0.15) is 10.0 Å². The third-order valence-corrected chi connectivity index (χ3v) is 3.28. The molecular formula is C8H10N4S2. The van der Waals surface area contributed by atoms with Crippen LogP contribution in [0.4, 0.5) is 10.1 Å². The highest BCUT2D eigenvalue weighted by molar-refractivity contribution is 7.19. The highest BCUT2D eigenvalue weighted by atomic mass is 32.1. The minimum absolute atomic E-state index is 0.714. The second-order valence-corrected chi connectivity index (χ2v) is 5.17. The molecule has 6 heteroatoms. The fourth-order valence-corrected chi connectivity index (χ4v) is 2.31. The largest absolute Gasteiger partial charge is 0.389 e. The lowest BCUT2D eigenvalue weighted by atomic mass is 10.6. The zero-order valence-corrected chi connectivity index (χ0v) is 9.28. The van der Waals surface area contributed by atoms with E-state index < -0.39 is 0 Å². The summed E-state index contributed by atoms with van der Waals surface area (Å²) in [5, 5.41) is 5.80. The molecule has 0 aliphatic heterocycles. The van der Waals surface area contributed by atoms with Crippen LogP contribution >= 0.6 is 22.7 Å². The lowest BCUT2D eigenvalue weighted by Crippen LogP contribution is -1.97. The summed E-state index contributed by atoms with van der Waals surface area (Å²) < 4.78 is 0. The second kappa shape index (κ2) is 3.93. The van der Waals surface area contributed by atoms with Crippen molar-refractivity contribution in [2.24, 2.45) is 0 Å². The van der Waals surface area contributed by atoms with Crippen LogP contribution in [0.2, 0.25) is 0 Å². The molecule has 0 saturated heterocycles. The van der Waals surface area contributed by atoms with E-state index in [1.807, 2.05) is 13.1 Å². The lowest BCUT2D eigenvalue weighted by molar-refractivity contribution is 1.09. The fraction of sp³-hybridized carbons (Fsp3) is 0.250. The van der Waals surface area contributed by atoms with Crippen molar-refractivity contribution in [3.63, 3.8) is 0 Å². The Balaban J connectivity index is 1.94. The van der Waals surface area contributed by atoms with Gasteiger partial charge in [-0.2, -0.15) is 0 Å². The fourth-order valence-electron chi connectivity index (χ4n) is 1.00. The number of nitrogens with two attached hydrogens (primary N) is 1. The number of aryl methyl sites for hydroxylation is 1. The van der Waals surface area contributed by atoms with Gasteiger partial charge in [0.25, 0.3) is 0 Å². The zero-order valence-electron chi connectivity index (χ0n) is 7.65. The summed E-state index contributed by atoms with van der Waals surface area (Å²) in [5.74, 6) is 0. The molecule has 0 aliphatic rings. The predicted molar refractivity (Wildman–Crippen MR) is 60.7 cm³/mol. The minimum Gasteiger partial charge on any atom is -0.389 e. The monoisotopic (exact) mass is 226 g/mol. The zero-order chi connectivity index (χ0) is 9.97.